The minimum absolute atomic E-state index is 0.0511. The number of hydrogen-bond acceptors (Lipinski definition) is 14. The number of aromatic nitrogens is 3. The lowest BCUT2D eigenvalue weighted by Gasteiger charge is -2.38. The average Bonchev–Trinajstić information content (AvgIpc) is 3.52. The van der Waals surface area contributed by atoms with Crippen LogP contribution in [0.1, 0.15) is 31.2 Å². The van der Waals surface area contributed by atoms with Crippen molar-refractivity contribution >= 4 is 44.6 Å². The molecule has 3 heterocycles. The number of amides is 1. The molecule has 0 unspecified atom stereocenters. The number of hydrogen-bond donors (Lipinski definition) is 5. The zero-order valence-electron chi connectivity index (χ0n) is 27.4. The van der Waals surface area contributed by atoms with Gasteiger partial charge in [-0.25, -0.2) is 32.7 Å². The molecule has 5 atom stereocenters. The molecular formula is C30H39N7O12S. The first-order chi connectivity index (χ1) is 23.6. The fourth-order valence-electron chi connectivity index (χ4n) is 6.34. The summed E-state index contributed by atoms with van der Waals surface area (Å²) < 4.78 is 38.5. The number of fused-ring (bicyclic) bond motifs is 1. The Labute approximate surface area is 286 Å². The third kappa shape index (κ3) is 7.64. The third-order valence-corrected chi connectivity index (χ3v) is 10.7. The minimum atomic E-state index is -3.31. The van der Waals surface area contributed by atoms with Crippen LogP contribution in [0.3, 0.4) is 0 Å². The summed E-state index contributed by atoms with van der Waals surface area (Å²) in [7, 11) is 1.42. The first kappa shape index (κ1) is 36.8. The summed E-state index contributed by atoms with van der Waals surface area (Å²) in [6, 6.07) is 4.62. The molecule has 0 spiro atoms. The van der Waals surface area contributed by atoms with Gasteiger partial charge in [-0.1, -0.05) is 0 Å². The maximum absolute atomic E-state index is 13.7. The number of non-ortho nitro benzene ring substituents is 1. The number of sulfonamides is 1. The number of nitrogens with one attached hydrogen (secondary N) is 1. The van der Waals surface area contributed by atoms with E-state index in [1.807, 2.05) is 11.9 Å². The second kappa shape index (κ2) is 14.8. The molecule has 1 aliphatic carbocycles. The van der Waals surface area contributed by atoms with Gasteiger partial charge in [0.15, 0.2) is 11.8 Å². The molecule has 1 aromatic carbocycles. The number of carboxylic acid groups (broad SMARTS) is 1. The van der Waals surface area contributed by atoms with Crippen LogP contribution in [0.15, 0.2) is 36.8 Å². The summed E-state index contributed by atoms with van der Waals surface area (Å²) >= 11 is 0. The van der Waals surface area contributed by atoms with Gasteiger partial charge in [0.05, 0.1) is 22.6 Å². The summed E-state index contributed by atoms with van der Waals surface area (Å²) in [6.45, 7) is -0.268. The number of aliphatic carboxylic acids is 1. The topological polar surface area (TPSA) is 260 Å². The van der Waals surface area contributed by atoms with Crippen LogP contribution < -0.4 is 14.4 Å². The van der Waals surface area contributed by atoms with Crippen molar-refractivity contribution in [2.45, 2.75) is 69.0 Å². The molecule has 20 heteroatoms. The molecule has 5 N–H and O–H groups in total. The second-order valence-electron chi connectivity index (χ2n) is 12.4. The predicted molar refractivity (Wildman–Crippen MR) is 175 cm³/mol. The lowest BCUT2D eigenvalue weighted by molar-refractivity contribution is -0.385. The number of nitro groups is 1. The standard InChI is InChI=1S/C30H39N7O12S/c1-31-50(46,47)14-16-4-6-18(7-5-16)35(3)26-20-10-11-36(27(20)33-15-32-26)30(43)34(2)13-17-12-19(37(44)45)8-9-21(17)48-29-24(40)22(38)23(39)25(49-29)28(41)42/h8-12,15-16,18,22-25,29,31,38-40H,4-7,13-14H2,1-3H3,(H,41,42)/t16?,18?,22-,23-,24+,25-,29+/m0/s1. The maximum atomic E-state index is 13.7. The van der Waals surface area contributed by atoms with E-state index in [0.29, 0.717) is 16.9 Å². The molecule has 1 saturated heterocycles. The largest absolute Gasteiger partial charge is 0.479 e. The summed E-state index contributed by atoms with van der Waals surface area (Å²) in [5, 5.41) is 52.2. The monoisotopic (exact) mass is 721 g/mol. The van der Waals surface area contributed by atoms with Crippen molar-refractivity contribution in [2.75, 3.05) is 31.8 Å². The molecule has 50 heavy (non-hydrogen) atoms. The summed E-state index contributed by atoms with van der Waals surface area (Å²) in [4.78, 5) is 48.3. The number of nitro benzene ring substituents is 1. The van der Waals surface area contributed by atoms with Crippen molar-refractivity contribution < 1.29 is 52.8 Å². The van der Waals surface area contributed by atoms with Gasteiger partial charge in [-0.3, -0.25) is 14.7 Å². The van der Waals surface area contributed by atoms with Gasteiger partial charge in [-0.15, -0.1) is 0 Å². The summed E-state index contributed by atoms with van der Waals surface area (Å²) in [5.41, 5.74) is 0.0404. The van der Waals surface area contributed by atoms with Crippen molar-refractivity contribution in [3.05, 3.63) is 52.5 Å². The van der Waals surface area contributed by atoms with Gasteiger partial charge >= 0.3 is 12.0 Å². The van der Waals surface area contributed by atoms with Crippen molar-refractivity contribution in [3.8, 4) is 5.75 Å². The van der Waals surface area contributed by atoms with E-state index in [2.05, 4.69) is 14.7 Å². The van der Waals surface area contributed by atoms with Gasteiger partial charge in [0.25, 0.3) is 5.69 Å². The first-order valence-corrected chi connectivity index (χ1v) is 17.3. The Balaban J connectivity index is 1.34. The van der Waals surface area contributed by atoms with E-state index in [9.17, 15) is 48.5 Å². The number of rotatable bonds is 11. The van der Waals surface area contributed by atoms with Crippen molar-refractivity contribution in [3.63, 3.8) is 0 Å². The van der Waals surface area contributed by atoms with Crippen LogP contribution in [-0.4, -0.2) is 129 Å². The molecule has 2 fully saturated rings. The van der Waals surface area contributed by atoms with Crippen LogP contribution in [-0.2, 0) is 26.1 Å². The highest BCUT2D eigenvalue weighted by Gasteiger charge is 2.48. The van der Waals surface area contributed by atoms with Crippen molar-refractivity contribution in [1.29, 1.82) is 0 Å². The Hall–Kier alpha value is -4.47. The van der Waals surface area contributed by atoms with E-state index in [-0.39, 0.29) is 41.3 Å². The molecule has 3 aromatic rings. The molecular weight excluding hydrogens is 682 g/mol. The molecule has 0 radical (unpaired) electrons. The summed E-state index contributed by atoms with van der Waals surface area (Å²) in [5.74, 6) is -1.02. The zero-order chi connectivity index (χ0) is 36.5. The summed E-state index contributed by atoms with van der Waals surface area (Å²) in [6.07, 6.45) is -3.68. The van der Waals surface area contributed by atoms with Gasteiger partial charge < -0.3 is 39.7 Å². The second-order valence-corrected chi connectivity index (χ2v) is 14.4. The van der Waals surface area contributed by atoms with Crippen LogP contribution in [0, 0.1) is 16.0 Å². The fourth-order valence-corrected chi connectivity index (χ4v) is 7.46. The number of carbonyl (C=O) groups excluding carboxylic acids is 1. The predicted octanol–water partition coefficient (Wildman–Crippen LogP) is 0.255. The number of carbonyl (C=O) groups is 2. The number of anilines is 1. The number of nitrogens with zero attached hydrogens (tertiary/aromatic N) is 6. The Morgan fingerprint density at radius 3 is 2.44 bits per heavy atom. The number of carboxylic acids is 1. The number of aliphatic hydroxyl groups excluding tert-OH is 3. The van der Waals surface area contributed by atoms with E-state index in [1.165, 1.54) is 42.2 Å². The molecule has 19 nitrogen and oxygen atoms in total. The van der Waals surface area contributed by atoms with E-state index < -0.39 is 57.7 Å². The maximum Gasteiger partial charge on any atom is 0.335 e. The molecule has 2 aliphatic rings. The molecule has 0 bridgehead atoms. The van der Waals surface area contributed by atoms with E-state index in [0.717, 1.165) is 37.8 Å². The van der Waals surface area contributed by atoms with Gasteiger partial charge in [-0.05, 0) is 50.8 Å². The lowest BCUT2D eigenvalue weighted by Crippen LogP contribution is -2.61. The zero-order valence-corrected chi connectivity index (χ0v) is 28.2. The number of aliphatic hydroxyl groups is 3. The normalized spacial score (nSPS) is 25.6. The molecule has 272 valence electrons. The fraction of sp³-hybridized carbons (Fsp3) is 0.533. The Morgan fingerprint density at radius 1 is 1.10 bits per heavy atom. The average molecular weight is 722 g/mol. The van der Waals surface area contributed by atoms with Crippen LogP contribution in [0.5, 0.6) is 5.75 Å². The van der Waals surface area contributed by atoms with Crippen LogP contribution >= 0.6 is 0 Å². The SMILES string of the molecule is CNS(=O)(=O)CC1CCC(N(C)c2ncnc3c2ccn3C(=O)N(C)Cc2cc([N+](=O)[O-])ccc2O[C@@H]2O[C@H](C(=O)O)[C@@H](O)[C@H](O)[C@H]2O)CC1. The lowest BCUT2D eigenvalue weighted by atomic mass is 9.86. The van der Waals surface area contributed by atoms with Gasteiger partial charge in [0.1, 0.15) is 36.2 Å². The number of ether oxygens (including phenoxy) is 2. The Kier molecular flexibility index (Phi) is 10.9. The molecule has 5 rings (SSSR count). The quantitative estimate of drug-likeness (QED) is 0.131. The third-order valence-electron chi connectivity index (χ3n) is 9.18. The van der Waals surface area contributed by atoms with E-state index in [1.54, 1.807) is 6.07 Å². The molecule has 1 aliphatic heterocycles. The smallest absolute Gasteiger partial charge is 0.335 e. The van der Waals surface area contributed by atoms with Gasteiger partial charge in [-0.2, -0.15) is 0 Å². The molecule has 2 aromatic heterocycles. The number of benzene rings is 1. The van der Waals surface area contributed by atoms with Crippen LogP contribution in [0.4, 0.5) is 16.3 Å². The highest BCUT2D eigenvalue weighted by molar-refractivity contribution is 7.89. The highest BCUT2D eigenvalue weighted by atomic mass is 32.2. The van der Waals surface area contributed by atoms with Crippen molar-refractivity contribution in [1.82, 2.24) is 24.2 Å². The first-order valence-electron chi connectivity index (χ1n) is 15.7. The van der Waals surface area contributed by atoms with E-state index in [4.69, 9.17) is 9.47 Å². The van der Waals surface area contributed by atoms with Gasteiger partial charge in [0.2, 0.25) is 16.3 Å². The molecule has 1 saturated carbocycles. The van der Waals surface area contributed by atoms with E-state index >= 15 is 0 Å². The molecule has 1 amide bonds. The minimum Gasteiger partial charge on any atom is -0.479 e. The van der Waals surface area contributed by atoms with Crippen molar-refractivity contribution in [2.24, 2.45) is 5.92 Å². The highest BCUT2D eigenvalue weighted by Crippen LogP contribution is 2.34. The van der Waals surface area contributed by atoms with Crippen LogP contribution in [0.2, 0.25) is 0 Å². The Bertz CT molecular complexity index is 1850. The Morgan fingerprint density at radius 2 is 1.80 bits per heavy atom. The van der Waals surface area contributed by atoms with Crippen LogP contribution in [0.25, 0.3) is 11.0 Å². The van der Waals surface area contributed by atoms with Gasteiger partial charge in [0, 0.05) is 44.0 Å².